The Hall–Kier alpha value is -2.54. The summed E-state index contributed by atoms with van der Waals surface area (Å²) < 4.78 is 46.9. The Bertz CT molecular complexity index is 989. The van der Waals surface area contributed by atoms with Crippen molar-refractivity contribution in [1.82, 2.24) is 10.2 Å². The van der Waals surface area contributed by atoms with Crippen LogP contribution in [-0.2, 0) is 11.2 Å². The van der Waals surface area contributed by atoms with Gasteiger partial charge < -0.3 is 10.1 Å². The minimum absolute atomic E-state index is 0.00259. The van der Waals surface area contributed by atoms with E-state index >= 15 is 0 Å². The number of carbonyl (C=O) groups excluding carboxylic acids is 1. The van der Waals surface area contributed by atoms with Crippen molar-refractivity contribution in [3.8, 4) is 11.1 Å². The predicted molar refractivity (Wildman–Crippen MR) is 105 cm³/mol. The number of rotatable bonds is 3. The molecule has 2 atom stereocenters. The molecule has 7 heteroatoms. The Morgan fingerprint density at radius 2 is 1.83 bits per heavy atom. The fourth-order valence-electron chi connectivity index (χ4n) is 5.03. The lowest BCUT2D eigenvalue weighted by atomic mass is 9.86. The van der Waals surface area contributed by atoms with E-state index in [1.165, 1.54) is 6.07 Å². The highest BCUT2D eigenvalue weighted by Gasteiger charge is 2.37. The quantitative estimate of drug-likeness (QED) is 0.745. The lowest BCUT2D eigenvalue weighted by Crippen LogP contribution is -2.52. The molecule has 0 spiro atoms. The maximum atomic E-state index is 14.2. The van der Waals surface area contributed by atoms with Gasteiger partial charge in [0.25, 0.3) is 0 Å². The number of aryl methyl sites for hydroxylation is 1. The van der Waals surface area contributed by atoms with Gasteiger partial charge in [-0.05, 0) is 79.6 Å². The van der Waals surface area contributed by atoms with Crippen LogP contribution in [0, 0.1) is 23.4 Å². The Kier molecular flexibility index (Phi) is 4.93. The summed E-state index contributed by atoms with van der Waals surface area (Å²) in [4.78, 5) is 14.9. The third-order valence-electron chi connectivity index (χ3n) is 6.72. The summed E-state index contributed by atoms with van der Waals surface area (Å²) in [6, 6.07) is 7.20. The van der Waals surface area contributed by atoms with Crippen LogP contribution >= 0.6 is 0 Å². The highest BCUT2D eigenvalue weighted by Crippen LogP contribution is 2.36. The van der Waals surface area contributed by atoms with E-state index in [1.54, 1.807) is 12.1 Å². The maximum Gasteiger partial charge on any atom is 0.407 e. The largest absolute Gasteiger partial charge is 0.445 e. The summed E-state index contributed by atoms with van der Waals surface area (Å²) in [5.41, 5.74) is 2.36. The highest BCUT2D eigenvalue weighted by molar-refractivity contribution is 5.70. The van der Waals surface area contributed by atoms with E-state index in [2.05, 4.69) is 10.2 Å². The predicted octanol–water partition coefficient (Wildman–Crippen LogP) is 4.58. The van der Waals surface area contributed by atoms with Crippen molar-refractivity contribution in [2.75, 3.05) is 19.6 Å². The molecule has 1 unspecified atom stereocenters. The summed E-state index contributed by atoms with van der Waals surface area (Å²) in [5, 5.41) is 2.95. The highest BCUT2D eigenvalue weighted by atomic mass is 19.2. The molecule has 2 aromatic carbocycles. The van der Waals surface area contributed by atoms with Crippen LogP contribution in [0.25, 0.3) is 11.1 Å². The van der Waals surface area contributed by atoms with E-state index in [0.29, 0.717) is 17.9 Å². The first-order chi connectivity index (χ1) is 14.5. The summed E-state index contributed by atoms with van der Waals surface area (Å²) in [6.45, 7) is 2.94. The normalized spacial score (nSPS) is 27.0. The molecule has 4 nitrogen and oxygen atoms in total. The lowest BCUT2D eigenvalue weighted by Gasteiger charge is -2.43. The van der Waals surface area contributed by atoms with Crippen LogP contribution < -0.4 is 5.32 Å². The number of hydrogen-bond donors (Lipinski definition) is 1. The van der Waals surface area contributed by atoms with Crippen LogP contribution in [0.15, 0.2) is 30.3 Å². The summed E-state index contributed by atoms with van der Waals surface area (Å²) in [7, 11) is 0. The number of piperidine rings is 3. The first-order valence-corrected chi connectivity index (χ1v) is 10.5. The molecule has 0 aromatic heterocycles. The Morgan fingerprint density at radius 3 is 2.57 bits per heavy atom. The molecule has 1 aliphatic carbocycles. The van der Waals surface area contributed by atoms with Crippen molar-refractivity contribution in [2.45, 2.75) is 37.8 Å². The first-order valence-electron chi connectivity index (χ1n) is 10.5. The molecule has 3 aliphatic heterocycles. The zero-order chi connectivity index (χ0) is 20.8. The van der Waals surface area contributed by atoms with Crippen LogP contribution in [0.5, 0.6) is 0 Å². The molecule has 158 valence electrons. The average molecular weight is 416 g/mol. The monoisotopic (exact) mass is 416 g/mol. The Morgan fingerprint density at radius 1 is 1.03 bits per heavy atom. The van der Waals surface area contributed by atoms with Crippen molar-refractivity contribution in [3.63, 3.8) is 0 Å². The summed E-state index contributed by atoms with van der Waals surface area (Å²) >= 11 is 0. The van der Waals surface area contributed by atoms with Gasteiger partial charge >= 0.3 is 6.09 Å². The number of alkyl carbamates (subject to hydrolysis) is 1. The summed E-state index contributed by atoms with van der Waals surface area (Å²) in [6.07, 6.45) is 3.11. The SMILES string of the molecule is O=C(NC1CCc2ccc(-c3ccc(F)c(F)c3F)cc21)O[C@H]1CN2CCC1CC2. The standard InChI is InChI=1S/C23H23F3N2O2/c24-18-5-4-16(21(25)22(18)26)15-2-1-13-3-6-19(17(13)11-15)27-23(29)30-20-12-28-9-7-14(20)8-10-28/h1-2,4-5,11,14,19-20H,3,6-10,12H2,(H,27,29)/t19?,20-/m0/s1. The molecule has 1 amide bonds. The molecule has 2 bridgehead atoms. The molecular weight excluding hydrogens is 393 g/mol. The number of nitrogens with one attached hydrogen (secondary N) is 1. The molecule has 4 aliphatic rings. The minimum Gasteiger partial charge on any atom is -0.445 e. The first kappa shape index (κ1) is 19.4. The second-order valence-corrected chi connectivity index (χ2v) is 8.45. The molecule has 6 rings (SSSR count). The molecule has 3 saturated heterocycles. The molecule has 2 aromatic rings. The number of halogens is 3. The maximum absolute atomic E-state index is 14.2. The number of nitrogens with zero attached hydrogens (tertiary/aromatic N) is 1. The van der Waals surface area contributed by atoms with Gasteiger partial charge in [-0.25, -0.2) is 18.0 Å². The number of ether oxygens (including phenoxy) is 1. The molecule has 0 saturated carbocycles. The smallest absolute Gasteiger partial charge is 0.407 e. The van der Waals surface area contributed by atoms with Gasteiger partial charge in [0, 0.05) is 12.1 Å². The van der Waals surface area contributed by atoms with Crippen LogP contribution in [-0.4, -0.2) is 36.7 Å². The third-order valence-corrected chi connectivity index (χ3v) is 6.72. The van der Waals surface area contributed by atoms with Gasteiger partial charge in [-0.2, -0.15) is 0 Å². The minimum atomic E-state index is -1.48. The van der Waals surface area contributed by atoms with Gasteiger partial charge in [0.2, 0.25) is 0 Å². The molecule has 30 heavy (non-hydrogen) atoms. The number of carbonyl (C=O) groups is 1. The van der Waals surface area contributed by atoms with Crippen molar-refractivity contribution >= 4 is 6.09 Å². The second-order valence-electron chi connectivity index (χ2n) is 8.45. The lowest BCUT2D eigenvalue weighted by molar-refractivity contribution is -0.0339. The van der Waals surface area contributed by atoms with Crippen molar-refractivity contribution in [2.24, 2.45) is 5.92 Å². The van der Waals surface area contributed by atoms with Crippen molar-refractivity contribution in [1.29, 1.82) is 0 Å². The summed E-state index contributed by atoms with van der Waals surface area (Å²) in [5.74, 6) is -3.48. The average Bonchev–Trinajstić information content (AvgIpc) is 3.15. The molecular formula is C23H23F3N2O2. The van der Waals surface area contributed by atoms with Gasteiger partial charge in [-0.1, -0.05) is 12.1 Å². The number of benzene rings is 2. The number of fused-ring (bicyclic) bond motifs is 4. The Labute approximate surface area is 173 Å². The number of hydrogen-bond acceptors (Lipinski definition) is 3. The van der Waals surface area contributed by atoms with Crippen LogP contribution in [0.2, 0.25) is 0 Å². The van der Waals surface area contributed by atoms with E-state index in [1.807, 2.05) is 6.07 Å². The molecule has 3 fully saturated rings. The van der Waals surface area contributed by atoms with Gasteiger partial charge in [0.1, 0.15) is 6.10 Å². The van der Waals surface area contributed by atoms with Gasteiger partial charge in [0.05, 0.1) is 6.04 Å². The molecule has 0 radical (unpaired) electrons. The van der Waals surface area contributed by atoms with Gasteiger partial charge in [-0.3, -0.25) is 4.90 Å². The van der Waals surface area contributed by atoms with E-state index in [0.717, 1.165) is 56.1 Å². The van der Waals surface area contributed by atoms with Crippen molar-refractivity contribution < 1.29 is 22.7 Å². The number of amides is 1. The second kappa shape index (κ2) is 7.61. The van der Waals surface area contributed by atoms with Crippen LogP contribution in [0.1, 0.15) is 36.4 Å². The van der Waals surface area contributed by atoms with E-state index in [9.17, 15) is 18.0 Å². The fourth-order valence-corrected chi connectivity index (χ4v) is 5.03. The third kappa shape index (κ3) is 3.45. The zero-order valence-corrected chi connectivity index (χ0v) is 16.5. The van der Waals surface area contributed by atoms with Crippen LogP contribution in [0.4, 0.5) is 18.0 Å². The molecule has 3 heterocycles. The van der Waals surface area contributed by atoms with Crippen molar-refractivity contribution in [3.05, 3.63) is 58.9 Å². The van der Waals surface area contributed by atoms with Gasteiger partial charge in [-0.15, -0.1) is 0 Å². The zero-order valence-electron chi connectivity index (χ0n) is 16.5. The van der Waals surface area contributed by atoms with E-state index in [4.69, 9.17) is 4.74 Å². The van der Waals surface area contributed by atoms with Crippen LogP contribution in [0.3, 0.4) is 0 Å². The van der Waals surface area contributed by atoms with E-state index < -0.39 is 23.5 Å². The Balaban J connectivity index is 1.32. The fraction of sp³-hybridized carbons (Fsp3) is 0.435. The molecule has 1 N–H and O–H groups in total. The van der Waals surface area contributed by atoms with E-state index in [-0.39, 0.29) is 17.7 Å². The van der Waals surface area contributed by atoms with Gasteiger partial charge in [0.15, 0.2) is 17.5 Å². The topological polar surface area (TPSA) is 41.6 Å².